The number of hydrogen-bond acceptors (Lipinski definition) is 7. The summed E-state index contributed by atoms with van der Waals surface area (Å²) in [6.45, 7) is 6.44. The SMILES string of the molecule is CSCCC(NC(=O)C(C)N)C(=O)NC(CC(C)C)C(=O)NC(C(=O)O)C(C)O. The molecule has 0 bridgehead atoms. The highest BCUT2D eigenvalue weighted by Crippen LogP contribution is 2.08. The number of thioether (sulfide) groups is 1. The van der Waals surface area contributed by atoms with E-state index < -0.39 is 54.0 Å². The van der Waals surface area contributed by atoms with Crippen LogP contribution in [0.25, 0.3) is 0 Å². The number of hydrogen-bond donors (Lipinski definition) is 6. The number of aliphatic carboxylic acids is 1. The van der Waals surface area contributed by atoms with Crippen molar-refractivity contribution in [3.05, 3.63) is 0 Å². The predicted molar refractivity (Wildman–Crippen MR) is 111 cm³/mol. The Morgan fingerprint density at radius 3 is 1.86 bits per heavy atom. The normalized spacial score (nSPS) is 16.3. The maximum absolute atomic E-state index is 12.7. The molecule has 0 aliphatic heterocycles. The topological polar surface area (TPSA) is 171 Å². The van der Waals surface area contributed by atoms with Crippen molar-refractivity contribution in [3.8, 4) is 0 Å². The highest BCUT2D eigenvalue weighted by Gasteiger charge is 2.31. The van der Waals surface area contributed by atoms with Crippen LogP contribution in [0.2, 0.25) is 0 Å². The van der Waals surface area contributed by atoms with Gasteiger partial charge in [0.15, 0.2) is 6.04 Å². The molecule has 11 heteroatoms. The summed E-state index contributed by atoms with van der Waals surface area (Å²) in [5, 5.41) is 26.1. The van der Waals surface area contributed by atoms with E-state index in [4.69, 9.17) is 10.8 Å². The molecule has 0 aromatic carbocycles. The van der Waals surface area contributed by atoms with Gasteiger partial charge in [-0.2, -0.15) is 11.8 Å². The summed E-state index contributed by atoms with van der Waals surface area (Å²) in [5.41, 5.74) is 5.55. The second-order valence-electron chi connectivity index (χ2n) is 7.39. The Hall–Kier alpha value is -1.85. The smallest absolute Gasteiger partial charge is 0.328 e. The van der Waals surface area contributed by atoms with E-state index >= 15 is 0 Å². The Morgan fingerprint density at radius 1 is 0.931 bits per heavy atom. The lowest BCUT2D eigenvalue weighted by molar-refractivity contribution is -0.145. The van der Waals surface area contributed by atoms with Crippen LogP contribution in [-0.4, -0.2) is 76.2 Å². The van der Waals surface area contributed by atoms with Gasteiger partial charge in [-0.3, -0.25) is 14.4 Å². The van der Waals surface area contributed by atoms with Crippen LogP contribution in [0.1, 0.15) is 40.5 Å². The Balaban J connectivity index is 5.37. The number of carbonyl (C=O) groups is 4. The summed E-state index contributed by atoms with van der Waals surface area (Å²) in [6, 6.07) is -4.20. The average molecular weight is 435 g/mol. The van der Waals surface area contributed by atoms with Crippen LogP contribution in [0.4, 0.5) is 0 Å². The third-order valence-electron chi connectivity index (χ3n) is 4.04. The van der Waals surface area contributed by atoms with Crippen molar-refractivity contribution in [3.63, 3.8) is 0 Å². The van der Waals surface area contributed by atoms with E-state index in [0.717, 1.165) is 0 Å². The molecule has 0 spiro atoms. The van der Waals surface area contributed by atoms with Crippen LogP contribution in [0.3, 0.4) is 0 Å². The largest absolute Gasteiger partial charge is 0.480 e. The standard InChI is InChI=1S/C18H34N4O6S/c1-9(2)8-13(17(26)22-14(11(4)23)18(27)28)21-16(25)12(6-7-29-5)20-15(24)10(3)19/h9-14,23H,6-8,19H2,1-5H3,(H,20,24)(H,21,25)(H,22,26)(H,27,28). The Morgan fingerprint density at radius 2 is 1.45 bits per heavy atom. The van der Waals surface area contributed by atoms with Gasteiger partial charge in [0.25, 0.3) is 0 Å². The van der Waals surface area contributed by atoms with E-state index in [0.29, 0.717) is 12.2 Å². The zero-order chi connectivity index (χ0) is 22.7. The fourth-order valence-electron chi connectivity index (χ4n) is 2.43. The van der Waals surface area contributed by atoms with Crippen LogP contribution in [0.15, 0.2) is 0 Å². The van der Waals surface area contributed by atoms with Gasteiger partial charge in [-0.1, -0.05) is 13.8 Å². The predicted octanol–water partition coefficient (Wildman–Crippen LogP) is -0.947. The van der Waals surface area contributed by atoms with E-state index in [-0.39, 0.29) is 12.3 Å². The second kappa shape index (κ2) is 13.4. The number of aliphatic hydroxyl groups excluding tert-OH is 1. The summed E-state index contributed by atoms with van der Waals surface area (Å²) >= 11 is 1.50. The molecule has 0 aromatic rings. The van der Waals surface area contributed by atoms with Crippen molar-refractivity contribution < 1.29 is 29.4 Å². The van der Waals surface area contributed by atoms with Crippen molar-refractivity contribution in [2.45, 2.75) is 70.8 Å². The van der Waals surface area contributed by atoms with Crippen LogP contribution in [-0.2, 0) is 19.2 Å². The molecule has 10 nitrogen and oxygen atoms in total. The number of aliphatic hydroxyl groups is 1. The molecule has 0 aliphatic rings. The molecule has 0 rings (SSSR count). The first kappa shape index (κ1) is 27.1. The number of carbonyl (C=O) groups excluding carboxylic acids is 3. The van der Waals surface area contributed by atoms with Crippen LogP contribution in [0.5, 0.6) is 0 Å². The van der Waals surface area contributed by atoms with Crippen molar-refractivity contribution >= 4 is 35.5 Å². The third-order valence-corrected chi connectivity index (χ3v) is 4.69. The summed E-state index contributed by atoms with van der Waals surface area (Å²) in [4.78, 5) is 48.5. The van der Waals surface area contributed by atoms with Crippen LogP contribution in [0, 0.1) is 5.92 Å². The summed E-state index contributed by atoms with van der Waals surface area (Å²) < 4.78 is 0. The van der Waals surface area contributed by atoms with Gasteiger partial charge in [0.1, 0.15) is 12.1 Å². The Kier molecular flexibility index (Phi) is 12.5. The molecule has 3 amide bonds. The minimum absolute atomic E-state index is 0.0178. The lowest BCUT2D eigenvalue weighted by atomic mass is 10.0. The Labute approximate surface area is 175 Å². The third kappa shape index (κ3) is 10.5. The highest BCUT2D eigenvalue weighted by molar-refractivity contribution is 7.98. The zero-order valence-corrected chi connectivity index (χ0v) is 18.4. The first-order valence-electron chi connectivity index (χ1n) is 9.47. The number of rotatable bonds is 13. The summed E-state index contributed by atoms with van der Waals surface area (Å²) in [6.07, 6.45) is 1.14. The van der Waals surface area contributed by atoms with Crippen molar-refractivity contribution in [1.82, 2.24) is 16.0 Å². The van der Waals surface area contributed by atoms with Gasteiger partial charge in [0.05, 0.1) is 12.1 Å². The van der Waals surface area contributed by atoms with Gasteiger partial charge in [0, 0.05) is 0 Å². The molecular formula is C18H34N4O6S. The molecule has 0 saturated heterocycles. The Bertz CT molecular complexity index is 571. The van der Waals surface area contributed by atoms with E-state index in [1.165, 1.54) is 25.6 Å². The quantitative estimate of drug-likeness (QED) is 0.215. The van der Waals surface area contributed by atoms with E-state index in [1.54, 1.807) is 0 Å². The van der Waals surface area contributed by atoms with Crippen molar-refractivity contribution in [1.29, 1.82) is 0 Å². The minimum atomic E-state index is -1.50. The molecule has 0 fully saturated rings. The number of nitrogens with one attached hydrogen (secondary N) is 3. The average Bonchev–Trinajstić information content (AvgIpc) is 2.60. The van der Waals surface area contributed by atoms with Crippen molar-refractivity contribution in [2.24, 2.45) is 11.7 Å². The molecule has 29 heavy (non-hydrogen) atoms. The van der Waals surface area contributed by atoms with Crippen molar-refractivity contribution in [2.75, 3.05) is 12.0 Å². The number of carboxylic acid groups (broad SMARTS) is 1. The molecule has 168 valence electrons. The maximum Gasteiger partial charge on any atom is 0.328 e. The lowest BCUT2D eigenvalue weighted by Crippen LogP contribution is -2.58. The van der Waals surface area contributed by atoms with Gasteiger partial charge in [0.2, 0.25) is 17.7 Å². The van der Waals surface area contributed by atoms with Gasteiger partial charge >= 0.3 is 5.97 Å². The molecular weight excluding hydrogens is 400 g/mol. The molecule has 0 radical (unpaired) electrons. The van der Waals surface area contributed by atoms with Gasteiger partial charge in [-0.15, -0.1) is 0 Å². The van der Waals surface area contributed by atoms with E-state index in [1.807, 2.05) is 20.1 Å². The molecule has 5 unspecified atom stereocenters. The zero-order valence-electron chi connectivity index (χ0n) is 17.6. The number of nitrogens with two attached hydrogens (primary N) is 1. The van der Waals surface area contributed by atoms with Crippen LogP contribution >= 0.6 is 11.8 Å². The highest BCUT2D eigenvalue weighted by atomic mass is 32.2. The summed E-state index contributed by atoms with van der Waals surface area (Å²) in [5.74, 6) is -2.53. The minimum Gasteiger partial charge on any atom is -0.480 e. The molecule has 0 aliphatic carbocycles. The fraction of sp³-hybridized carbons (Fsp3) is 0.778. The summed E-state index contributed by atoms with van der Waals surface area (Å²) in [7, 11) is 0. The fourth-order valence-corrected chi connectivity index (χ4v) is 2.90. The van der Waals surface area contributed by atoms with E-state index in [9.17, 15) is 24.3 Å². The van der Waals surface area contributed by atoms with E-state index in [2.05, 4.69) is 16.0 Å². The molecule has 0 heterocycles. The molecule has 0 saturated carbocycles. The lowest BCUT2D eigenvalue weighted by Gasteiger charge is -2.26. The van der Waals surface area contributed by atoms with Gasteiger partial charge < -0.3 is 31.9 Å². The number of carboxylic acids is 1. The van der Waals surface area contributed by atoms with Gasteiger partial charge in [-0.25, -0.2) is 4.79 Å². The van der Waals surface area contributed by atoms with Gasteiger partial charge in [-0.05, 0) is 44.6 Å². The monoisotopic (exact) mass is 434 g/mol. The molecule has 7 N–H and O–H groups in total. The second-order valence-corrected chi connectivity index (χ2v) is 8.37. The number of amides is 3. The van der Waals surface area contributed by atoms with Crippen LogP contribution < -0.4 is 21.7 Å². The molecule has 0 aromatic heterocycles. The first-order chi connectivity index (χ1) is 13.4. The molecule has 5 atom stereocenters. The maximum atomic E-state index is 12.7. The first-order valence-corrected chi connectivity index (χ1v) is 10.9.